The third-order valence-electron chi connectivity index (χ3n) is 4.58. The number of carbonyl (C=O) groups is 1. The lowest BCUT2D eigenvalue weighted by molar-refractivity contribution is -0.132. The van der Waals surface area contributed by atoms with E-state index in [2.05, 4.69) is 25.7 Å². The van der Waals surface area contributed by atoms with Crippen LogP contribution < -0.4 is 5.73 Å². The summed E-state index contributed by atoms with van der Waals surface area (Å²) in [4.78, 5) is 14.5. The van der Waals surface area contributed by atoms with Crippen molar-refractivity contribution in [3.8, 4) is 0 Å². The maximum absolute atomic E-state index is 12.3. The molecule has 3 nitrogen and oxygen atoms in total. The van der Waals surface area contributed by atoms with Gasteiger partial charge in [-0.3, -0.25) is 4.79 Å². The van der Waals surface area contributed by atoms with Gasteiger partial charge in [-0.1, -0.05) is 20.8 Å². The van der Waals surface area contributed by atoms with E-state index in [1.54, 1.807) is 0 Å². The van der Waals surface area contributed by atoms with E-state index in [0.717, 1.165) is 19.4 Å². The third kappa shape index (κ3) is 2.87. The molecule has 2 unspecified atom stereocenters. The molecule has 2 atom stereocenters. The molecule has 0 aromatic carbocycles. The molecule has 1 saturated carbocycles. The van der Waals surface area contributed by atoms with Gasteiger partial charge in [0.15, 0.2) is 0 Å². The predicted molar refractivity (Wildman–Crippen MR) is 74.1 cm³/mol. The number of hydrogen-bond acceptors (Lipinski definition) is 2. The van der Waals surface area contributed by atoms with Gasteiger partial charge >= 0.3 is 0 Å². The van der Waals surface area contributed by atoms with E-state index in [1.807, 2.05) is 0 Å². The number of carbonyl (C=O) groups excluding carboxylic acids is 1. The molecule has 18 heavy (non-hydrogen) atoms. The summed E-state index contributed by atoms with van der Waals surface area (Å²) in [6.45, 7) is 8.72. The van der Waals surface area contributed by atoms with Crippen molar-refractivity contribution in [3.63, 3.8) is 0 Å². The highest BCUT2D eigenvalue weighted by Gasteiger charge is 2.50. The van der Waals surface area contributed by atoms with Gasteiger partial charge in [-0.2, -0.15) is 0 Å². The van der Waals surface area contributed by atoms with Crippen molar-refractivity contribution >= 4 is 5.91 Å². The van der Waals surface area contributed by atoms with Crippen LogP contribution in [0, 0.1) is 10.8 Å². The first-order valence-electron chi connectivity index (χ1n) is 7.35. The Hall–Kier alpha value is -0.570. The van der Waals surface area contributed by atoms with E-state index in [4.69, 9.17) is 5.73 Å². The highest BCUT2D eigenvalue weighted by molar-refractivity contribution is 5.77. The van der Waals surface area contributed by atoms with E-state index in [0.29, 0.717) is 35.7 Å². The van der Waals surface area contributed by atoms with E-state index in [1.165, 1.54) is 19.3 Å². The summed E-state index contributed by atoms with van der Waals surface area (Å²) in [7, 11) is 0. The number of likely N-dealkylation sites (tertiary alicyclic amines) is 1. The minimum atomic E-state index is 0.356. The van der Waals surface area contributed by atoms with Gasteiger partial charge < -0.3 is 10.6 Å². The molecule has 2 rings (SSSR count). The normalized spacial score (nSPS) is 33.8. The van der Waals surface area contributed by atoms with Gasteiger partial charge in [-0.15, -0.1) is 0 Å². The number of rotatable bonds is 4. The first-order chi connectivity index (χ1) is 8.35. The average Bonchev–Trinajstić information content (AvgIpc) is 2.48. The van der Waals surface area contributed by atoms with Crippen molar-refractivity contribution in [2.75, 3.05) is 13.1 Å². The molecule has 1 aliphatic heterocycles. The van der Waals surface area contributed by atoms with E-state index >= 15 is 0 Å². The fourth-order valence-electron chi connectivity index (χ4n) is 4.32. The van der Waals surface area contributed by atoms with E-state index in [9.17, 15) is 4.79 Å². The lowest BCUT2D eigenvalue weighted by Gasteiger charge is -2.39. The van der Waals surface area contributed by atoms with Gasteiger partial charge in [-0.05, 0) is 49.5 Å². The Morgan fingerprint density at radius 1 is 1.28 bits per heavy atom. The number of unbranched alkanes of at least 4 members (excludes halogenated alkanes) is 1. The van der Waals surface area contributed by atoms with Crippen molar-refractivity contribution < 1.29 is 4.79 Å². The molecule has 2 aliphatic rings. The predicted octanol–water partition coefficient (Wildman–Crippen LogP) is 2.54. The second-order valence-electron chi connectivity index (χ2n) is 7.48. The largest absolute Gasteiger partial charge is 0.339 e. The highest BCUT2D eigenvalue weighted by Crippen LogP contribution is 2.52. The van der Waals surface area contributed by atoms with Gasteiger partial charge in [0.1, 0.15) is 0 Å². The number of amides is 1. The summed E-state index contributed by atoms with van der Waals surface area (Å²) >= 11 is 0. The quantitative estimate of drug-likeness (QED) is 0.782. The lowest BCUT2D eigenvalue weighted by atomic mass is 9.65. The molecule has 0 spiro atoms. The fraction of sp³-hybridized carbons (Fsp3) is 0.933. The van der Waals surface area contributed by atoms with Crippen molar-refractivity contribution in [2.24, 2.45) is 16.6 Å². The van der Waals surface area contributed by atoms with Crippen LogP contribution in [0.15, 0.2) is 0 Å². The molecule has 104 valence electrons. The number of hydrogen-bond donors (Lipinski definition) is 1. The minimum Gasteiger partial charge on any atom is -0.339 e. The van der Waals surface area contributed by atoms with Crippen molar-refractivity contribution in [1.29, 1.82) is 0 Å². The number of fused-ring (bicyclic) bond motifs is 2. The smallest absolute Gasteiger partial charge is 0.222 e. The summed E-state index contributed by atoms with van der Waals surface area (Å²) in [5.41, 5.74) is 6.24. The molecule has 0 aromatic rings. The zero-order chi connectivity index (χ0) is 13.4. The Labute approximate surface area is 111 Å². The summed E-state index contributed by atoms with van der Waals surface area (Å²) < 4.78 is 0. The molecule has 0 aromatic heterocycles. The van der Waals surface area contributed by atoms with Crippen LogP contribution in [0.4, 0.5) is 0 Å². The van der Waals surface area contributed by atoms with Crippen LogP contribution in [0.1, 0.15) is 59.3 Å². The molecule has 0 radical (unpaired) electrons. The minimum absolute atomic E-state index is 0.356. The molecule has 1 heterocycles. The molecule has 3 heteroatoms. The maximum Gasteiger partial charge on any atom is 0.222 e. The van der Waals surface area contributed by atoms with Crippen molar-refractivity contribution in [2.45, 2.75) is 65.3 Å². The third-order valence-corrected chi connectivity index (χ3v) is 4.58. The first-order valence-corrected chi connectivity index (χ1v) is 7.35. The van der Waals surface area contributed by atoms with Gasteiger partial charge in [0, 0.05) is 19.0 Å². The topological polar surface area (TPSA) is 46.3 Å². The van der Waals surface area contributed by atoms with Gasteiger partial charge in [-0.25, -0.2) is 0 Å². The number of nitrogens with zero attached hydrogens (tertiary/aromatic N) is 1. The summed E-state index contributed by atoms with van der Waals surface area (Å²) in [6, 6.07) is 0.490. The molecule has 1 amide bonds. The Morgan fingerprint density at radius 3 is 2.67 bits per heavy atom. The van der Waals surface area contributed by atoms with Crippen LogP contribution in [0.3, 0.4) is 0 Å². The lowest BCUT2D eigenvalue weighted by Crippen LogP contribution is -2.37. The highest BCUT2D eigenvalue weighted by atomic mass is 16.2. The Balaban J connectivity index is 1.98. The summed E-state index contributed by atoms with van der Waals surface area (Å²) in [6.07, 6.45) is 6.23. The first kappa shape index (κ1) is 13.9. The van der Waals surface area contributed by atoms with E-state index in [-0.39, 0.29) is 0 Å². The standard InChI is InChI=1S/C15H28N2O/c1-14(2)8-12-9-15(3,10-14)11-17(12)13(18)6-4-5-7-16/h12H,4-11,16H2,1-3H3. The summed E-state index contributed by atoms with van der Waals surface area (Å²) in [5.74, 6) is 0.356. The Morgan fingerprint density at radius 2 is 2.00 bits per heavy atom. The van der Waals surface area contributed by atoms with E-state index < -0.39 is 0 Å². The zero-order valence-corrected chi connectivity index (χ0v) is 12.2. The second-order valence-corrected chi connectivity index (χ2v) is 7.48. The maximum atomic E-state index is 12.3. The summed E-state index contributed by atoms with van der Waals surface area (Å²) in [5, 5.41) is 0. The molecular formula is C15H28N2O. The van der Waals surface area contributed by atoms with Crippen LogP contribution in [0.25, 0.3) is 0 Å². The molecule has 2 fully saturated rings. The van der Waals surface area contributed by atoms with Gasteiger partial charge in [0.25, 0.3) is 0 Å². The van der Waals surface area contributed by atoms with Crippen molar-refractivity contribution in [3.05, 3.63) is 0 Å². The van der Waals surface area contributed by atoms with Crippen LogP contribution in [-0.4, -0.2) is 29.9 Å². The van der Waals surface area contributed by atoms with Crippen LogP contribution in [0.5, 0.6) is 0 Å². The molecule has 1 saturated heterocycles. The van der Waals surface area contributed by atoms with Gasteiger partial charge in [0.05, 0.1) is 0 Å². The second kappa shape index (κ2) is 4.84. The fourth-order valence-corrected chi connectivity index (χ4v) is 4.32. The van der Waals surface area contributed by atoms with Crippen LogP contribution in [-0.2, 0) is 4.79 Å². The Bertz CT molecular complexity index is 326. The average molecular weight is 252 g/mol. The van der Waals surface area contributed by atoms with Crippen molar-refractivity contribution in [1.82, 2.24) is 4.90 Å². The number of nitrogens with two attached hydrogens (primary N) is 1. The molecular weight excluding hydrogens is 224 g/mol. The monoisotopic (exact) mass is 252 g/mol. The molecule has 1 aliphatic carbocycles. The Kier molecular flexibility index (Phi) is 3.72. The van der Waals surface area contributed by atoms with Crippen LogP contribution >= 0.6 is 0 Å². The zero-order valence-electron chi connectivity index (χ0n) is 12.2. The molecule has 2 N–H and O–H groups in total. The molecule has 2 bridgehead atoms. The van der Waals surface area contributed by atoms with Gasteiger partial charge in [0.2, 0.25) is 5.91 Å². The van der Waals surface area contributed by atoms with Crippen LogP contribution in [0.2, 0.25) is 0 Å². The SMILES string of the molecule is CC1(C)CC2CC(C)(CN2C(=O)CCCCN)C1.